The van der Waals surface area contributed by atoms with E-state index in [0.717, 1.165) is 32.1 Å². The van der Waals surface area contributed by atoms with Gasteiger partial charge in [-0.1, -0.05) is 46.3 Å². The van der Waals surface area contributed by atoms with Gasteiger partial charge in [-0.15, -0.1) is 0 Å². The van der Waals surface area contributed by atoms with Gasteiger partial charge in [0.25, 0.3) is 0 Å². The summed E-state index contributed by atoms with van der Waals surface area (Å²) in [5, 5.41) is 11.0. The van der Waals surface area contributed by atoms with Crippen LogP contribution in [-0.4, -0.2) is 37.7 Å². The van der Waals surface area contributed by atoms with E-state index >= 15 is 0 Å². The van der Waals surface area contributed by atoms with Crippen LogP contribution in [0.1, 0.15) is 79.6 Å². The lowest BCUT2D eigenvalue weighted by Gasteiger charge is -2.45. The molecule has 172 valence electrons. The first-order valence-electron chi connectivity index (χ1n) is 12.1. The Bertz CT molecular complexity index is 650. The van der Waals surface area contributed by atoms with Gasteiger partial charge in [0, 0.05) is 12.3 Å². The fourth-order valence-corrected chi connectivity index (χ4v) is 7.01. The summed E-state index contributed by atoms with van der Waals surface area (Å²) in [6.45, 7) is 15.8. The van der Waals surface area contributed by atoms with E-state index in [0.29, 0.717) is 30.1 Å². The smallest absolute Gasteiger partial charge is 0.308 e. The summed E-state index contributed by atoms with van der Waals surface area (Å²) >= 11 is 0. The van der Waals surface area contributed by atoms with Crippen molar-refractivity contribution in [3.63, 3.8) is 0 Å². The molecule has 0 aromatic rings. The summed E-state index contributed by atoms with van der Waals surface area (Å²) in [6, 6.07) is 0. The van der Waals surface area contributed by atoms with Crippen LogP contribution in [0.25, 0.3) is 0 Å². The van der Waals surface area contributed by atoms with Crippen LogP contribution in [0.2, 0.25) is 18.1 Å². The third-order valence-corrected chi connectivity index (χ3v) is 12.9. The van der Waals surface area contributed by atoms with Gasteiger partial charge in [-0.05, 0) is 68.0 Å². The summed E-state index contributed by atoms with van der Waals surface area (Å²) in [5.74, 6) is 1.75. The Labute approximate surface area is 184 Å². The van der Waals surface area contributed by atoms with Gasteiger partial charge in [-0.3, -0.25) is 4.79 Å². The van der Waals surface area contributed by atoms with Crippen LogP contribution in [0.3, 0.4) is 0 Å². The molecule has 1 aliphatic heterocycles. The lowest BCUT2D eigenvalue weighted by Crippen LogP contribution is -2.47. The molecule has 7 atom stereocenters. The molecule has 0 spiro atoms. The van der Waals surface area contributed by atoms with E-state index in [4.69, 9.17) is 9.16 Å². The fraction of sp³-hybridized carbons (Fsp3) is 0.880. The van der Waals surface area contributed by atoms with E-state index in [1.165, 1.54) is 12.0 Å². The summed E-state index contributed by atoms with van der Waals surface area (Å²) in [5.41, 5.74) is 1.48. The number of fused-ring (bicyclic) bond motifs is 1. The van der Waals surface area contributed by atoms with Gasteiger partial charge in [0.05, 0.1) is 18.6 Å². The number of aliphatic hydroxyl groups excluding tert-OH is 1. The minimum Gasteiger partial charge on any atom is -0.462 e. The number of aliphatic hydroxyl groups is 1. The molecular formula is C25H44O4Si. The monoisotopic (exact) mass is 436 g/mol. The SMILES string of the molecule is C[C@H]1C=C2CC[C@H](C)[C@H](CC[C@@H]3C[C@@H](O[Si](C)(C)C(C)(C)C)CC(=O)O3)[C@H]2[C@@H](O)C1. The van der Waals surface area contributed by atoms with Gasteiger partial charge in [0.15, 0.2) is 8.32 Å². The Morgan fingerprint density at radius 2 is 1.90 bits per heavy atom. The maximum Gasteiger partial charge on any atom is 0.308 e. The molecule has 3 rings (SSSR count). The van der Waals surface area contributed by atoms with Crippen molar-refractivity contribution in [2.45, 2.75) is 116 Å². The highest BCUT2D eigenvalue weighted by Crippen LogP contribution is 2.47. The molecule has 1 saturated carbocycles. The van der Waals surface area contributed by atoms with Crippen LogP contribution in [0.5, 0.6) is 0 Å². The van der Waals surface area contributed by atoms with Gasteiger partial charge in [0.2, 0.25) is 0 Å². The summed E-state index contributed by atoms with van der Waals surface area (Å²) < 4.78 is 12.3. The topological polar surface area (TPSA) is 55.8 Å². The molecule has 2 fully saturated rings. The predicted molar refractivity (Wildman–Crippen MR) is 124 cm³/mol. The van der Waals surface area contributed by atoms with Crippen LogP contribution < -0.4 is 0 Å². The number of cyclic esters (lactones) is 1. The Balaban J connectivity index is 1.63. The second-order valence-electron chi connectivity index (χ2n) is 11.9. The first-order chi connectivity index (χ1) is 13.9. The first-order valence-corrected chi connectivity index (χ1v) is 15.0. The number of allylic oxidation sites excluding steroid dienone is 1. The van der Waals surface area contributed by atoms with Crippen LogP contribution in [-0.2, 0) is 14.0 Å². The van der Waals surface area contributed by atoms with Crippen molar-refractivity contribution in [3.8, 4) is 0 Å². The quantitative estimate of drug-likeness (QED) is 0.333. The third-order valence-electron chi connectivity index (χ3n) is 8.34. The number of carbonyl (C=O) groups excluding carboxylic acids is 1. The molecule has 1 heterocycles. The molecule has 0 bridgehead atoms. The second-order valence-corrected chi connectivity index (χ2v) is 16.6. The number of hydrogen-bond donors (Lipinski definition) is 1. The average Bonchev–Trinajstić information content (AvgIpc) is 2.59. The molecule has 1 saturated heterocycles. The minimum atomic E-state index is -1.90. The Kier molecular flexibility index (Phi) is 7.26. The van der Waals surface area contributed by atoms with E-state index in [9.17, 15) is 9.90 Å². The van der Waals surface area contributed by atoms with E-state index in [2.05, 4.69) is 53.8 Å². The van der Waals surface area contributed by atoms with Crippen LogP contribution >= 0.6 is 0 Å². The van der Waals surface area contributed by atoms with Crippen molar-refractivity contribution in [1.82, 2.24) is 0 Å². The number of ether oxygens (including phenoxy) is 1. The zero-order chi connectivity index (χ0) is 22.3. The lowest BCUT2D eigenvalue weighted by atomic mass is 9.62. The highest BCUT2D eigenvalue weighted by Gasteiger charge is 2.43. The zero-order valence-corrected chi connectivity index (χ0v) is 21.2. The molecule has 3 aliphatic rings. The van der Waals surface area contributed by atoms with Gasteiger partial charge in [-0.2, -0.15) is 0 Å². The fourth-order valence-electron chi connectivity index (χ4n) is 5.64. The van der Waals surface area contributed by atoms with Gasteiger partial charge in [0.1, 0.15) is 6.10 Å². The van der Waals surface area contributed by atoms with Gasteiger partial charge in [-0.25, -0.2) is 0 Å². The highest BCUT2D eigenvalue weighted by molar-refractivity contribution is 6.74. The number of esters is 1. The molecular weight excluding hydrogens is 392 g/mol. The van der Waals surface area contributed by atoms with Crippen LogP contribution in [0.15, 0.2) is 11.6 Å². The minimum absolute atomic E-state index is 0.0162. The highest BCUT2D eigenvalue weighted by atomic mass is 28.4. The number of carbonyl (C=O) groups is 1. The third kappa shape index (κ3) is 5.39. The lowest BCUT2D eigenvalue weighted by molar-refractivity contribution is -0.160. The zero-order valence-electron chi connectivity index (χ0n) is 20.2. The van der Waals surface area contributed by atoms with E-state index in [1.807, 2.05) is 0 Å². The average molecular weight is 437 g/mol. The van der Waals surface area contributed by atoms with E-state index in [1.54, 1.807) is 0 Å². The standard InChI is InChI=1S/C25H44O4Si/c1-16-12-18-9-8-17(2)21(24(18)22(26)13-16)11-10-19-14-20(15-23(27)28-19)29-30(6,7)25(3,4)5/h12,16-17,19-22,24,26H,8-11,13-15H2,1-7H3/t16-,17-,19+,20+,21-,22-,24-/m0/s1. The van der Waals surface area contributed by atoms with Gasteiger partial charge >= 0.3 is 5.97 Å². The number of hydrogen-bond acceptors (Lipinski definition) is 4. The molecule has 0 unspecified atom stereocenters. The first kappa shape index (κ1) is 24.0. The van der Waals surface area contributed by atoms with Crippen LogP contribution in [0.4, 0.5) is 0 Å². The van der Waals surface area contributed by atoms with Crippen molar-refractivity contribution in [3.05, 3.63) is 11.6 Å². The molecule has 0 aromatic carbocycles. The summed E-state index contributed by atoms with van der Waals surface area (Å²) in [4.78, 5) is 12.3. The van der Waals surface area contributed by atoms with Crippen molar-refractivity contribution >= 4 is 14.3 Å². The molecule has 1 N–H and O–H groups in total. The normalized spacial score (nSPS) is 37.9. The van der Waals surface area contributed by atoms with Crippen molar-refractivity contribution in [2.75, 3.05) is 0 Å². The van der Waals surface area contributed by atoms with Crippen LogP contribution in [0, 0.1) is 23.7 Å². The molecule has 30 heavy (non-hydrogen) atoms. The molecule has 5 heteroatoms. The van der Waals surface area contributed by atoms with Gasteiger partial charge < -0.3 is 14.3 Å². The maximum absolute atomic E-state index is 12.3. The Morgan fingerprint density at radius 1 is 1.20 bits per heavy atom. The van der Waals surface area contributed by atoms with E-state index in [-0.39, 0.29) is 29.3 Å². The molecule has 0 amide bonds. The van der Waals surface area contributed by atoms with Crippen molar-refractivity contribution < 1.29 is 19.1 Å². The number of rotatable bonds is 5. The molecule has 0 aromatic heterocycles. The second kappa shape index (κ2) is 9.07. The maximum atomic E-state index is 12.3. The summed E-state index contributed by atoms with van der Waals surface area (Å²) in [7, 11) is -1.90. The van der Waals surface area contributed by atoms with Crippen molar-refractivity contribution in [2.24, 2.45) is 23.7 Å². The molecule has 0 radical (unpaired) electrons. The predicted octanol–water partition coefficient (Wildman–Crippen LogP) is 5.85. The van der Waals surface area contributed by atoms with E-state index < -0.39 is 8.32 Å². The largest absolute Gasteiger partial charge is 0.462 e. The van der Waals surface area contributed by atoms with Crippen molar-refractivity contribution in [1.29, 1.82) is 0 Å². The Hall–Kier alpha value is -0.653. The molecule has 4 nitrogen and oxygen atoms in total. The molecule has 2 aliphatic carbocycles. The summed E-state index contributed by atoms with van der Waals surface area (Å²) in [6.07, 6.45) is 8.41. The Morgan fingerprint density at radius 3 is 2.57 bits per heavy atom.